The Bertz CT molecular complexity index is 219. The number of hydrogen-bond acceptors (Lipinski definition) is 0. The first-order valence-electron chi connectivity index (χ1n) is 5.68. The number of hydrogen-bond donors (Lipinski definition) is 0. The van der Waals surface area contributed by atoms with Crippen molar-refractivity contribution in [3.05, 3.63) is 60.7 Å². The molecule has 0 spiro atoms. The Labute approximate surface area is 151 Å². The molecule has 0 nitrogen and oxygen atoms in total. The summed E-state index contributed by atoms with van der Waals surface area (Å²) in [5.74, 6) is 0. The second-order valence-electron chi connectivity index (χ2n) is 3.40. The molecule has 1 heteroatoms. The summed E-state index contributed by atoms with van der Waals surface area (Å²) < 4.78 is 0. The van der Waals surface area contributed by atoms with Gasteiger partial charge in [-0.2, -0.15) is 43.3 Å². The molecule has 0 aromatic heterocycles. The molecule has 0 fully saturated rings. The van der Waals surface area contributed by atoms with Crippen molar-refractivity contribution < 1.29 is 51.4 Å². The molecule has 0 unspecified atom stereocenters. The summed E-state index contributed by atoms with van der Waals surface area (Å²) in [4.78, 5) is 0. The van der Waals surface area contributed by atoms with E-state index in [9.17, 15) is 0 Å². The molecule has 0 aliphatic heterocycles. The van der Waals surface area contributed by atoms with Crippen LogP contribution < -0.4 is 51.4 Å². The maximum absolute atomic E-state index is 3.55. The van der Waals surface area contributed by atoms with Gasteiger partial charge in [-0.25, -0.2) is 0 Å². The zero-order chi connectivity index (χ0) is 12.6. The SMILES string of the molecule is C=CCCC.C[C-]=C(C)C.[K+].[c-]1ccccc1. The molecule has 0 aliphatic rings. The minimum Gasteiger partial charge on any atom is -0.501 e. The fraction of sp³-hybridized carbons (Fsp3) is 0.375. The fourth-order valence-corrected chi connectivity index (χ4v) is 0.546. The van der Waals surface area contributed by atoms with Crippen LogP contribution in [0.2, 0.25) is 0 Å². The normalized spacial score (nSPS) is 7.06. The van der Waals surface area contributed by atoms with Gasteiger partial charge in [0, 0.05) is 0 Å². The summed E-state index contributed by atoms with van der Waals surface area (Å²) in [6, 6.07) is 12.5. The zero-order valence-corrected chi connectivity index (χ0v) is 15.2. The summed E-state index contributed by atoms with van der Waals surface area (Å²) in [5, 5.41) is 0. The quantitative estimate of drug-likeness (QED) is 0.432. The van der Waals surface area contributed by atoms with Crippen LogP contribution in [0.3, 0.4) is 0 Å². The molecular weight excluding hydrogens is 231 g/mol. The van der Waals surface area contributed by atoms with Gasteiger partial charge in [0.15, 0.2) is 0 Å². The van der Waals surface area contributed by atoms with E-state index >= 15 is 0 Å². The first-order valence-corrected chi connectivity index (χ1v) is 5.68. The molecule has 0 saturated carbocycles. The smallest absolute Gasteiger partial charge is 0.501 e. The van der Waals surface area contributed by atoms with Crippen LogP contribution in [0.25, 0.3) is 0 Å². The van der Waals surface area contributed by atoms with Crippen molar-refractivity contribution in [2.24, 2.45) is 0 Å². The van der Waals surface area contributed by atoms with E-state index in [0.29, 0.717) is 0 Å². The third-order valence-electron chi connectivity index (χ3n) is 1.60. The van der Waals surface area contributed by atoms with Crippen LogP contribution in [0.5, 0.6) is 0 Å². The van der Waals surface area contributed by atoms with E-state index in [1.165, 1.54) is 12.0 Å². The van der Waals surface area contributed by atoms with E-state index in [-0.39, 0.29) is 51.4 Å². The van der Waals surface area contributed by atoms with Gasteiger partial charge in [0.25, 0.3) is 0 Å². The van der Waals surface area contributed by atoms with E-state index < -0.39 is 0 Å². The third kappa shape index (κ3) is 31.4. The average Bonchev–Trinajstić information content (AvgIpc) is 2.34. The van der Waals surface area contributed by atoms with Gasteiger partial charge in [-0.15, -0.1) is 6.58 Å². The van der Waals surface area contributed by atoms with E-state index in [0.717, 1.165) is 6.42 Å². The predicted molar refractivity (Wildman–Crippen MR) is 74.2 cm³/mol. The third-order valence-corrected chi connectivity index (χ3v) is 1.60. The van der Waals surface area contributed by atoms with Crippen molar-refractivity contribution in [3.63, 3.8) is 0 Å². The average molecular weight is 255 g/mol. The monoisotopic (exact) mass is 255 g/mol. The molecule has 0 N–H and O–H groups in total. The van der Waals surface area contributed by atoms with Gasteiger partial charge in [0.05, 0.1) is 0 Å². The predicted octanol–water partition coefficient (Wildman–Crippen LogP) is 2.24. The van der Waals surface area contributed by atoms with Crippen molar-refractivity contribution in [3.8, 4) is 0 Å². The minimum atomic E-state index is 0. The standard InChI is InChI=1S/C6H5.C5H9.C5H10.K/c1-2-4-6-5-3-1;1-4-5(2)3;1-3-5-4-2;/h1-5H;1-3H3;3H,1,4-5H2,2H3;/q2*-1;;+1. The first kappa shape index (κ1) is 22.5. The summed E-state index contributed by atoms with van der Waals surface area (Å²) in [5.41, 5.74) is 1.25. The summed E-state index contributed by atoms with van der Waals surface area (Å²) in [7, 11) is 0. The van der Waals surface area contributed by atoms with Crippen LogP contribution in [0.15, 0.2) is 48.6 Å². The van der Waals surface area contributed by atoms with Crippen LogP contribution in [0, 0.1) is 12.1 Å². The summed E-state index contributed by atoms with van der Waals surface area (Å²) in [6.07, 6.45) is 7.25. The first-order chi connectivity index (χ1) is 7.68. The van der Waals surface area contributed by atoms with E-state index in [1.54, 1.807) is 0 Å². The Balaban J connectivity index is -0.000000170. The molecular formula is C16H24K-. The molecule has 0 radical (unpaired) electrons. The number of allylic oxidation sites excluding steroid dienone is 3. The second kappa shape index (κ2) is 21.6. The van der Waals surface area contributed by atoms with E-state index in [1.807, 2.05) is 57.2 Å². The van der Waals surface area contributed by atoms with Gasteiger partial charge in [-0.3, -0.25) is 5.57 Å². The molecule has 1 aromatic rings. The van der Waals surface area contributed by atoms with Crippen LogP contribution in [-0.2, 0) is 0 Å². The Kier molecular flexibility index (Phi) is 28.6. The Morgan fingerprint density at radius 1 is 1.24 bits per heavy atom. The van der Waals surface area contributed by atoms with Gasteiger partial charge in [-0.05, 0) is 6.42 Å². The summed E-state index contributed by atoms with van der Waals surface area (Å²) >= 11 is 0. The van der Waals surface area contributed by atoms with Crippen LogP contribution in [0.1, 0.15) is 40.5 Å². The van der Waals surface area contributed by atoms with Crippen molar-refractivity contribution in [1.29, 1.82) is 0 Å². The summed E-state index contributed by atoms with van der Waals surface area (Å²) in [6.45, 7) is 11.7. The van der Waals surface area contributed by atoms with Crippen molar-refractivity contribution in [1.82, 2.24) is 0 Å². The number of benzene rings is 1. The molecule has 1 rings (SSSR count). The van der Waals surface area contributed by atoms with Gasteiger partial charge in [0.1, 0.15) is 0 Å². The van der Waals surface area contributed by atoms with Gasteiger partial charge in [0.2, 0.25) is 0 Å². The minimum absolute atomic E-state index is 0. The molecule has 0 amide bonds. The fourth-order valence-electron chi connectivity index (χ4n) is 0.546. The molecule has 0 atom stereocenters. The molecule has 90 valence electrons. The van der Waals surface area contributed by atoms with Gasteiger partial charge >= 0.3 is 51.4 Å². The Morgan fingerprint density at radius 2 is 1.71 bits per heavy atom. The van der Waals surface area contributed by atoms with E-state index in [4.69, 9.17) is 0 Å². The van der Waals surface area contributed by atoms with Crippen LogP contribution in [-0.4, -0.2) is 0 Å². The molecule has 17 heavy (non-hydrogen) atoms. The maximum atomic E-state index is 3.55. The molecule has 0 bridgehead atoms. The van der Waals surface area contributed by atoms with E-state index in [2.05, 4.69) is 25.6 Å². The largest absolute Gasteiger partial charge is 1.00 e. The molecule has 0 saturated heterocycles. The van der Waals surface area contributed by atoms with Crippen molar-refractivity contribution >= 4 is 0 Å². The maximum Gasteiger partial charge on any atom is 1.00 e. The molecule has 1 aromatic carbocycles. The van der Waals surface area contributed by atoms with Crippen LogP contribution in [0.4, 0.5) is 0 Å². The second-order valence-corrected chi connectivity index (χ2v) is 3.40. The number of unbranched alkanes of at least 4 members (excludes halogenated alkanes) is 1. The van der Waals surface area contributed by atoms with Crippen molar-refractivity contribution in [2.75, 3.05) is 0 Å². The molecule has 0 heterocycles. The topological polar surface area (TPSA) is 0 Å². The molecule has 0 aliphatic carbocycles. The Morgan fingerprint density at radius 3 is 1.76 bits per heavy atom. The number of rotatable bonds is 2. The Hall–Kier alpha value is 0.336. The zero-order valence-electron chi connectivity index (χ0n) is 12.1. The van der Waals surface area contributed by atoms with Gasteiger partial charge < -0.3 is 6.08 Å². The van der Waals surface area contributed by atoms with Crippen molar-refractivity contribution in [2.45, 2.75) is 40.5 Å². The van der Waals surface area contributed by atoms with Gasteiger partial charge in [-0.1, -0.05) is 33.3 Å². The van der Waals surface area contributed by atoms with Crippen LogP contribution >= 0.6 is 0 Å².